The summed E-state index contributed by atoms with van der Waals surface area (Å²) in [7, 11) is 0. The third-order valence-corrected chi connectivity index (χ3v) is 4.93. The molecule has 0 saturated carbocycles. The molecule has 10 heteroatoms. The minimum absolute atomic E-state index is 0.0445. The molecular formula is C18H18F4N6. The highest BCUT2D eigenvalue weighted by molar-refractivity contribution is 5.85. The van der Waals surface area contributed by atoms with Gasteiger partial charge in [-0.25, -0.2) is 18.7 Å². The zero-order valence-corrected chi connectivity index (χ0v) is 14.8. The summed E-state index contributed by atoms with van der Waals surface area (Å²) in [6.07, 6.45) is 4.23. The number of piperidine rings is 1. The van der Waals surface area contributed by atoms with Crippen LogP contribution in [0.3, 0.4) is 0 Å². The summed E-state index contributed by atoms with van der Waals surface area (Å²) in [4.78, 5) is 9.81. The van der Waals surface area contributed by atoms with Crippen molar-refractivity contribution >= 4 is 16.9 Å². The van der Waals surface area contributed by atoms with E-state index in [1.807, 2.05) is 0 Å². The van der Waals surface area contributed by atoms with Crippen LogP contribution in [0.15, 0.2) is 30.7 Å². The van der Waals surface area contributed by atoms with E-state index in [0.717, 1.165) is 23.6 Å². The predicted octanol–water partition coefficient (Wildman–Crippen LogP) is 3.30. The molecule has 28 heavy (non-hydrogen) atoms. The molecule has 0 atom stereocenters. The number of fused-ring (bicyclic) bond motifs is 1. The zero-order chi connectivity index (χ0) is 19.7. The van der Waals surface area contributed by atoms with E-state index in [9.17, 15) is 17.6 Å². The van der Waals surface area contributed by atoms with Gasteiger partial charge in [0.1, 0.15) is 23.8 Å². The van der Waals surface area contributed by atoms with Crippen molar-refractivity contribution in [1.82, 2.24) is 25.1 Å². The molecule has 6 nitrogen and oxygen atoms in total. The number of hydrogen-bond donors (Lipinski definition) is 2. The summed E-state index contributed by atoms with van der Waals surface area (Å²) in [5.74, 6) is -5.43. The van der Waals surface area contributed by atoms with Gasteiger partial charge in [0.15, 0.2) is 5.65 Å². The third-order valence-electron chi connectivity index (χ3n) is 4.93. The average molecular weight is 394 g/mol. The third kappa shape index (κ3) is 3.64. The van der Waals surface area contributed by atoms with Crippen molar-refractivity contribution in [2.24, 2.45) is 0 Å². The molecule has 2 aromatic heterocycles. The Bertz CT molecular complexity index is 947. The maximum Gasteiger partial charge on any atom is 0.291 e. The summed E-state index contributed by atoms with van der Waals surface area (Å²) in [6.45, 7) is 0.0307. The molecule has 0 bridgehead atoms. The Morgan fingerprint density at radius 3 is 2.57 bits per heavy atom. The standard InChI is InChI=1S/C18H18F4N6/c19-13-2-1-3-14(20)15(13)18(21,22)9-28-6-4-11(5-7-28)26-16-12-8-25-27-17(12)24-10-23-16/h1-3,8,10-11H,4-7,9H2,(H2,23,24,25,26,27). The number of aromatic nitrogens is 4. The second kappa shape index (κ2) is 7.34. The van der Waals surface area contributed by atoms with Crippen molar-refractivity contribution in [3.05, 3.63) is 47.9 Å². The maximum absolute atomic E-state index is 14.5. The summed E-state index contributed by atoms with van der Waals surface area (Å²) in [5.41, 5.74) is -0.555. The van der Waals surface area contributed by atoms with Gasteiger partial charge in [-0.2, -0.15) is 13.9 Å². The minimum atomic E-state index is -3.61. The van der Waals surface area contributed by atoms with Crippen LogP contribution in [0.4, 0.5) is 23.4 Å². The van der Waals surface area contributed by atoms with E-state index in [1.165, 1.54) is 11.2 Å². The first-order valence-electron chi connectivity index (χ1n) is 8.89. The smallest absolute Gasteiger partial charge is 0.291 e. The number of aromatic amines is 1. The van der Waals surface area contributed by atoms with Gasteiger partial charge in [0.25, 0.3) is 5.92 Å². The Morgan fingerprint density at radius 1 is 1.14 bits per heavy atom. The molecule has 0 aliphatic carbocycles. The topological polar surface area (TPSA) is 69.7 Å². The van der Waals surface area contributed by atoms with Crippen LogP contribution in [0, 0.1) is 11.6 Å². The summed E-state index contributed by atoms with van der Waals surface area (Å²) in [6, 6.07) is 2.82. The number of rotatable bonds is 5. The Kier molecular flexibility index (Phi) is 4.88. The normalized spacial score (nSPS) is 16.6. The largest absolute Gasteiger partial charge is 0.367 e. The summed E-state index contributed by atoms with van der Waals surface area (Å²) < 4.78 is 56.4. The second-order valence-electron chi connectivity index (χ2n) is 6.85. The molecule has 0 amide bonds. The fourth-order valence-electron chi connectivity index (χ4n) is 3.52. The van der Waals surface area contributed by atoms with E-state index in [-0.39, 0.29) is 6.04 Å². The van der Waals surface area contributed by atoms with Crippen molar-refractivity contribution < 1.29 is 17.6 Å². The zero-order valence-electron chi connectivity index (χ0n) is 14.8. The number of halogens is 4. The molecule has 0 spiro atoms. The molecule has 148 valence electrons. The SMILES string of the molecule is Fc1cccc(F)c1C(F)(F)CN1CCC(Nc2ncnc3[nH]ncc23)CC1. The van der Waals surface area contributed by atoms with Gasteiger partial charge in [-0.3, -0.25) is 10.00 Å². The van der Waals surface area contributed by atoms with Crippen LogP contribution in [0.5, 0.6) is 0 Å². The van der Waals surface area contributed by atoms with Crippen LogP contribution in [0.25, 0.3) is 11.0 Å². The first kappa shape index (κ1) is 18.6. The van der Waals surface area contributed by atoms with Gasteiger partial charge in [0.2, 0.25) is 0 Å². The quantitative estimate of drug-likeness (QED) is 0.650. The van der Waals surface area contributed by atoms with Crippen LogP contribution >= 0.6 is 0 Å². The van der Waals surface area contributed by atoms with E-state index < -0.39 is 29.7 Å². The van der Waals surface area contributed by atoms with Gasteiger partial charge >= 0.3 is 0 Å². The molecule has 0 radical (unpaired) electrons. The van der Waals surface area contributed by atoms with Crippen LogP contribution < -0.4 is 5.32 Å². The van der Waals surface area contributed by atoms with Crippen molar-refractivity contribution in [3.63, 3.8) is 0 Å². The van der Waals surface area contributed by atoms with Gasteiger partial charge in [0.05, 0.1) is 23.7 Å². The maximum atomic E-state index is 14.5. The summed E-state index contributed by atoms with van der Waals surface area (Å²) >= 11 is 0. The van der Waals surface area contributed by atoms with Gasteiger partial charge in [-0.15, -0.1) is 0 Å². The van der Waals surface area contributed by atoms with Crippen molar-refractivity contribution in [2.45, 2.75) is 24.8 Å². The first-order chi connectivity index (χ1) is 13.4. The van der Waals surface area contributed by atoms with Gasteiger partial charge in [0, 0.05) is 19.1 Å². The molecule has 4 rings (SSSR count). The van der Waals surface area contributed by atoms with E-state index >= 15 is 0 Å². The molecule has 2 N–H and O–H groups in total. The second-order valence-corrected chi connectivity index (χ2v) is 6.85. The number of benzene rings is 1. The van der Waals surface area contributed by atoms with E-state index in [2.05, 4.69) is 25.5 Å². The number of H-pyrrole nitrogens is 1. The number of nitrogens with zero attached hydrogens (tertiary/aromatic N) is 4. The Labute approximate surface area is 158 Å². The molecule has 1 aromatic carbocycles. The van der Waals surface area contributed by atoms with E-state index in [1.54, 1.807) is 6.20 Å². The fourth-order valence-corrected chi connectivity index (χ4v) is 3.52. The van der Waals surface area contributed by atoms with Crippen LogP contribution in [0.1, 0.15) is 18.4 Å². The molecule has 3 aromatic rings. The highest BCUT2D eigenvalue weighted by Crippen LogP contribution is 2.34. The van der Waals surface area contributed by atoms with Crippen LogP contribution in [0.2, 0.25) is 0 Å². The molecule has 1 aliphatic heterocycles. The molecule has 1 aliphatic rings. The molecular weight excluding hydrogens is 376 g/mol. The first-order valence-corrected chi connectivity index (χ1v) is 8.89. The number of nitrogens with one attached hydrogen (secondary N) is 2. The number of anilines is 1. The fraction of sp³-hybridized carbons (Fsp3) is 0.389. The van der Waals surface area contributed by atoms with Gasteiger partial charge < -0.3 is 5.32 Å². The van der Waals surface area contributed by atoms with Crippen molar-refractivity contribution in [3.8, 4) is 0 Å². The molecule has 0 unspecified atom stereocenters. The summed E-state index contributed by atoms with van der Waals surface area (Å²) in [5, 5.41) is 10.7. The van der Waals surface area contributed by atoms with E-state index in [4.69, 9.17) is 0 Å². The lowest BCUT2D eigenvalue weighted by molar-refractivity contribution is -0.0476. The van der Waals surface area contributed by atoms with Crippen LogP contribution in [-0.4, -0.2) is 50.7 Å². The van der Waals surface area contributed by atoms with Crippen LogP contribution in [-0.2, 0) is 5.92 Å². The Morgan fingerprint density at radius 2 is 1.86 bits per heavy atom. The highest BCUT2D eigenvalue weighted by Gasteiger charge is 2.40. The Hall–Kier alpha value is -2.75. The highest BCUT2D eigenvalue weighted by atomic mass is 19.3. The molecule has 1 saturated heterocycles. The number of likely N-dealkylation sites (tertiary alicyclic amines) is 1. The number of hydrogen-bond acceptors (Lipinski definition) is 5. The predicted molar refractivity (Wildman–Crippen MR) is 95.0 cm³/mol. The number of alkyl halides is 2. The Balaban J connectivity index is 1.38. The minimum Gasteiger partial charge on any atom is -0.367 e. The lowest BCUT2D eigenvalue weighted by atomic mass is 10.0. The van der Waals surface area contributed by atoms with Crippen molar-refractivity contribution in [1.29, 1.82) is 0 Å². The molecule has 3 heterocycles. The lowest BCUT2D eigenvalue weighted by Crippen LogP contribution is -2.44. The average Bonchev–Trinajstić information content (AvgIpc) is 3.12. The lowest BCUT2D eigenvalue weighted by Gasteiger charge is -2.34. The molecule has 1 fully saturated rings. The van der Waals surface area contributed by atoms with Crippen molar-refractivity contribution in [2.75, 3.05) is 25.0 Å². The van der Waals surface area contributed by atoms with E-state index in [0.29, 0.717) is 37.4 Å². The monoisotopic (exact) mass is 394 g/mol. The van der Waals surface area contributed by atoms with Gasteiger partial charge in [-0.1, -0.05) is 6.07 Å². The van der Waals surface area contributed by atoms with Gasteiger partial charge in [-0.05, 0) is 25.0 Å².